The van der Waals surface area contributed by atoms with Crippen molar-refractivity contribution in [1.29, 1.82) is 0 Å². The number of amides is 1. The molecule has 6 nitrogen and oxygen atoms in total. The molecule has 0 unspecified atom stereocenters. The number of rotatable bonds is 4. The lowest BCUT2D eigenvalue weighted by Crippen LogP contribution is -2.43. The topological polar surface area (TPSA) is 59.4 Å². The van der Waals surface area contributed by atoms with Crippen molar-refractivity contribution >= 4 is 17.5 Å². The van der Waals surface area contributed by atoms with Gasteiger partial charge >= 0.3 is 0 Å². The molecule has 4 rings (SSSR count). The van der Waals surface area contributed by atoms with Gasteiger partial charge < -0.3 is 10.1 Å². The Hall–Kier alpha value is -1.89. The van der Waals surface area contributed by atoms with E-state index in [1.54, 1.807) is 6.20 Å². The minimum absolute atomic E-state index is 0.0350. The fraction of sp³-hybridized carbons (Fsp3) is 0.500. The second kappa shape index (κ2) is 7.62. The number of ether oxygens (including phenoxy) is 1. The molecule has 7 heteroatoms. The number of morpholine rings is 1. The van der Waals surface area contributed by atoms with E-state index in [4.69, 9.17) is 16.3 Å². The molecule has 3 atom stereocenters. The molecule has 2 aliphatic rings. The van der Waals surface area contributed by atoms with E-state index in [0.717, 1.165) is 42.3 Å². The molecule has 0 saturated carbocycles. The number of fused-ring (bicyclic) bond motifs is 1. The zero-order chi connectivity index (χ0) is 19.0. The number of nitrogens with one attached hydrogen (secondary N) is 1. The first-order chi connectivity index (χ1) is 13.0. The fourth-order valence-corrected chi connectivity index (χ4v) is 4.24. The van der Waals surface area contributed by atoms with E-state index < -0.39 is 0 Å². The van der Waals surface area contributed by atoms with Crippen LogP contribution in [-0.4, -0.2) is 52.4 Å². The Morgan fingerprint density at radius 1 is 1.33 bits per heavy atom. The van der Waals surface area contributed by atoms with Crippen LogP contribution in [0.4, 0.5) is 0 Å². The van der Waals surface area contributed by atoms with Crippen LogP contribution in [0.25, 0.3) is 0 Å². The number of nitrogens with zero attached hydrogens (tertiary/aromatic N) is 3. The number of aryl methyl sites for hydroxylation is 1. The number of carbonyl (C=O) groups is 1. The van der Waals surface area contributed by atoms with Gasteiger partial charge in [0.25, 0.3) is 5.91 Å². The van der Waals surface area contributed by atoms with Gasteiger partial charge in [-0.3, -0.25) is 14.4 Å². The summed E-state index contributed by atoms with van der Waals surface area (Å²) in [5.74, 6) is -0.0350. The van der Waals surface area contributed by atoms with Gasteiger partial charge in [-0.25, -0.2) is 0 Å². The van der Waals surface area contributed by atoms with Crippen molar-refractivity contribution in [1.82, 2.24) is 20.0 Å². The molecule has 0 bridgehead atoms. The Bertz CT molecular complexity index is 820. The van der Waals surface area contributed by atoms with Gasteiger partial charge in [0.2, 0.25) is 0 Å². The summed E-state index contributed by atoms with van der Waals surface area (Å²) >= 11 is 5.98. The molecule has 1 aromatic carbocycles. The van der Waals surface area contributed by atoms with Crippen molar-refractivity contribution in [2.45, 2.75) is 45.0 Å². The van der Waals surface area contributed by atoms with E-state index in [1.807, 2.05) is 42.8 Å². The van der Waals surface area contributed by atoms with Crippen LogP contribution in [0.5, 0.6) is 0 Å². The minimum atomic E-state index is -0.0350. The van der Waals surface area contributed by atoms with Crippen molar-refractivity contribution in [2.24, 2.45) is 0 Å². The van der Waals surface area contributed by atoms with Gasteiger partial charge in [-0.15, -0.1) is 0 Å². The predicted octanol–water partition coefficient (Wildman–Crippen LogP) is 2.81. The second-order valence-electron chi connectivity index (χ2n) is 7.35. The van der Waals surface area contributed by atoms with Gasteiger partial charge in [-0.05, 0) is 38.0 Å². The highest BCUT2D eigenvalue weighted by atomic mass is 35.5. The SMILES string of the molecule is CCn1ncc(C(=O)N[C@@H]2C[C@H]3CO[C@@H](c4ccc(Cl)cc4)CN3C2)c1C. The zero-order valence-corrected chi connectivity index (χ0v) is 16.4. The van der Waals surface area contributed by atoms with Crippen LogP contribution in [0, 0.1) is 6.92 Å². The summed E-state index contributed by atoms with van der Waals surface area (Å²) in [7, 11) is 0. The summed E-state index contributed by atoms with van der Waals surface area (Å²) in [4.78, 5) is 15.1. The quantitative estimate of drug-likeness (QED) is 0.875. The first-order valence-electron chi connectivity index (χ1n) is 9.49. The summed E-state index contributed by atoms with van der Waals surface area (Å²) in [6.07, 6.45) is 2.63. The number of hydrogen-bond donors (Lipinski definition) is 1. The summed E-state index contributed by atoms with van der Waals surface area (Å²) in [6, 6.07) is 8.35. The van der Waals surface area contributed by atoms with Crippen LogP contribution < -0.4 is 5.32 Å². The third-order valence-corrected chi connectivity index (χ3v) is 5.89. The van der Waals surface area contributed by atoms with Crippen molar-refractivity contribution < 1.29 is 9.53 Å². The molecule has 2 saturated heterocycles. The van der Waals surface area contributed by atoms with E-state index in [9.17, 15) is 4.79 Å². The Labute approximate surface area is 164 Å². The standard InChI is InChI=1S/C20H25ClN4O2/c1-3-25-13(2)18(9-22-25)20(26)23-16-8-17-12-27-19(11-24(17)10-16)14-4-6-15(21)7-5-14/h4-7,9,16-17,19H,3,8,10-12H2,1-2H3,(H,23,26)/t16-,17+,19-/m1/s1. The van der Waals surface area contributed by atoms with Gasteiger partial charge in [0.15, 0.2) is 0 Å². The number of carbonyl (C=O) groups excluding carboxylic acids is 1. The lowest BCUT2D eigenvalue weighted by Gasteiger charge is -2.35. The lowest BCUT2D eigenvalue weighted by molar-refractivity contribution is -0.0502. The maximum atomic E-state index is 12.6. The monoisotopic (exact) mass is 388 g/mol. The third kappa shape index (κ3) is 3.74. The van der Waals surface area contributed by atoms with Crippen LogP contribution in [-0.2, 0) is 11.3 Å². The molecule has 1 N–H and O–H groups in total. The zero-order valence-electron chi connectivity index (χ0n) is 15.7. The van der Waals surface area contributed by atoms with Crippen LogP contribution in [0.3, 0.4) is 0 Å². The maximum Gasteiger partial charge on any atom is 0.255 e. The molecule has 0 radical (unpaired) electrons. The van der Waals surface area contributed by atoms with E-state index in [0.29, 0.717) is 18.2 Å². The van der Waals surface area contributed by atoms with Gasteiger partial charge in [0.05, 0.1) is 24.5 Å². The third-order valence-electron chi connectivity index (χ3n) is 5.64. The Kier molecular flexibility index (Phi) is 5.21. The first kappa shape index (κ1) is 18.5. The Morgan fingerprint density at radius 3 is 2.81 bits per heavy atom. The summed E-state index contributed by atoms with van der Waals surface area (Å²) in [5, 5.41) is 8.19. The molecule has 1 amide bonds. The summed E-state index contributed by atoms with van der Waals surface area (Å²) in [5.41, 5.74) is 2.72. The minimum Gasteiger partial charge on any atom is -0.371 e. The maximum absolute atomic E-state index is 12.6. The highest BCUT2D eigenvalue weighted by molar-refractivity contribution is 6.30. The molecule has 1 aromatic heterocycles. The van der Waals surface area contributed by atoms with E-state index in [1.165, 1.54) is 0 Å². The van der Waals surface area contributed by atoms with Gasteiger partial charge in [0.1, 0.15) is 0 Å². The Balaban J connectivity index is 1.37. The molecule has 0 aliphatic carbocycles. The van der Waals surface area contributed by atoms with Crippen LogP contribution in [0.1, 0.15) is 41.1 Å². The highest BCUT2D eigenvalue weighted by Gasteiger charge is 2.38. The van der Waals surface area contributed by atoms with Crippen LogP contribution >= 0.6 is 11.6 Å². The van der Waals surface area contributed by atoms with E-state index in [-0.39, 0.29) is 18.1 Å². The number of halogens is 1. The van der Waals surface area contributed by atoms with Crippen LogP contribution in [0.15, 0.2) is 30.5 Å². The lowest BCUT2D eigenvalue weighted by atomic mass is 10.1. The molecular weight excluding hydrogens is 364 g/mol. The van der Waals surface area contributed by atoms with E-state index >= 15 is 0 Å². The van der Waals surface area contributed by atoms with Crippen molar-refractivity contribution in [3.63, 3.8) is 0 Å². The second-order valence-corrected chi connectivity index (χ2v) is 7.78. The number of benzene rings is 1. The smallest absolute Gasteiger partial charge is 0.255 e. The normalized spacial score (nSPS) is 25.4. The number of hydrogen-bond acceptors (Lipinski definition) is 4. The van der Waals surface area contributed by atoms with Gasteiger partial charge in [0, 0.05) is 42.4 Å². The molecule has 27 heavy (non-hydrogen) atoms. The predicted molar refractivity (Wildman–Crippen MR) is 104 cm³/mol. The van der Waals surface area contributed by atoms with Gasteiger partial charge in [-0.1, -0.05) is 23.7 Å². The molecule has 3 heterocycles. The highest BCUT2D eigenvalue weighted by Crippen LogP contribution is 2.31. The summed E-state index contributed by atoms with van der Waals surface area (Å²) < 4.78 is 7.93. The first-order valence-corrected chi connectivity index (χ1v) is 9.87. The van der Waals surface area contributed by atoms with Gasteiger partial charge in [-0.2, -0.15) is 5.10 Å². The average Bonchev–Trinajstić information content (AvgIpc) is 3.24. The molecule has 144 valence electrons. The van der Waals surface area contributed by atoms with Crippen LogP contribution in [0.2, 0.25) is 5.02 Å². The largest absolute Gasteiger partial charge is 0.371 e. The summed E-state index contributed by atoms with van der Waals surface area (Å²) in [6.45, 7) is 7.10. The molecular formula is C20H25ClN4O2. The molecule has 2 fully saturated rings. The molecule has 0 spiro atoms. The van der Waals surface area contributed by atoms with Crippen molar-refractivity contribution in [2.75, 3.05) is 19.7 Å². The molecule has 2 aromatic rings. The number of aromatic nitrogens is 2. The Morgan fingerprint density at radius 2 is 2.11 bits per heavy atom. The van der Waals surface area contributed by atoms with Crippen molar-refractivity contribution in [3.05, 3.63) is 52.3 Å². The fourth-order valence-electron chi connectivity index (χ4n) is 4.11. The van der Waals surface area contributed by atoms with Crippen molar-refractivity contribution in [3.8, 4) is 0 Å². The average molecular weight is 389 g/mol. The molecule has 2 aliphatic heterocycles. The van der Waals surface area contributed by atoms with E-state index in [2.05, 4.69) is 15.3 Å².